The smallest absolute Gasteiger partial charge is 0.416 e. The van der Waals surface area contributed by atoms with Crippen molar-refractivity contribution < 1.29 is 22.7 Å². The van der Waals surface area contributed by atoms with Gasteiger partial charge in [-0.15, -0.1) is 0 Å². The number of alkyl halides is 3. The van der Waals surface area contributed by atoms with E-state index in [4.69, 9.17) is 4.74 Å². The number of anilines is 1. The summed E-state index contributed by atoms with van der Waals surface area (Å²) >= 11 is 3.33. The average Bonchev–Trinajstić information content (AvgIpc) is 2.71. The van der Waals surface area contributed by atoms with Crippen molar-refractivity contribution in [1.29, 1.82) is 0 Å². The van der Waals surface area contributed by atoms with Gasteiger partial charge in [0.15, 0.2) is 5.75 Å². The quantitative estimate of drug-likeness (QED) is 0.470. The Hall–Kier alpha value is -2.22. The molecule has 0 bridgehead atoms. The van der Waals surface area contributed by atoms with Gasteiger partial charge in [-0.25, -0.2) is 0 Å². The van der Waals surface area contributed by atoms with Crippen LogP contribution in [0, 0.1) is 11.8 Å². The Morgan fingerprint density at radius 1 is 1.13 bits per heavy atom. The number of benzene rings is 2. The van der Waals surface area contributed by atoms with Gasteiger partial charge in [0.2, 0.25) is 5.91 Å². The highest BCUT2D eigenvalue weighted by atomic mass is 79.9. The van der Waals surface area contributed by atoms with Crippen molar-refractivity contribution in [2.24, 2.45) is 11.8 Å². The van der Waals surface area contributed by atoms with Gasteiger partial charge in [-0.05, 0) is 60.7 Å². The minimum absolute atomic E-state index is 0.0815. The van der Waals surface area contributed by atoms with Gasteiger partial charge in [0.1, 0.15) is 5.75 Å². The lowest BCUT2D eigenvalue weighted by molar-refractivity contribution is -0.137. The highest BCUT2D eigenvalue weighted by molar-refractivity contribution is 9.10. The Labute approximate surface area is 188 Å². The Kier molecular flexibility index (Phi) is 7.51. The molecule has 1 amide bonds. The molecule has 31 heavy (non-hydrogen) atoms. The molecule has 0 aliphatic heterocycles. The Morgan fingerprint density at radius 2 is 1.84 bits per heavy atom. The number of carbonyl (C=O) groups excluding carboxylic acids is 1. The molecule has 2 N–H and O–H groups in total. The van der Waals surface area contributed by atoms with Crippen molar-refractivity contribution in [1.82, 2.24) is 5.32 Å². The summed E-state index contributed by atoms with van der Waals surface area (Å²) in [6, 6.07) is 10.2. The molecule has 8 heteroatoms. The zero-order valence-electron chi connectivity index (χ0n) is 17.4. The summed E-state index contributed by atoms with van der Waals surface area (Å²) in [5, 5.41) is 5.85. The van der Waals surface area contributed by atoms with Crippen molar-refractivity contribution in [2.75, 3.05) is 11.9 Å². The first-order valence-electron chi connectivity index (χ1n) is 10.3. The Balaban J connectivity index is 1.72. The van der Waals surface area contributed by atoms with Gasteiger partial charge in [-0.2, -0.15) is 13.2 Å². The van der Waals surface area contributed by atoms with Gasteiger partial charge in [0.05, 0.1) is 17.8 Å². The SMILES string of the molecule is C[C@@H]1[C@H](C)CCC[C@@H]1NC(=O)CNc1cc(C(F)(F)F)ccc1Oc1ccc(Br)cc1. The average molecular weight is 499 g/mol. The van der Waals surface area contributed by atoms with E-state index in [9.17, 15) is 18.0 Å². The molecule has 0 heterocycles. The van der Waals surface area contributed by atoms with Crippen molar-refractivity contribution >= 4 is 27.5 Å². The summed E-state index contributed by atoms with van der Waals surface area (Å²) in [6.07, 6.45) is -1.38. The fourth-order valence-electron chi connectivity index (χ4n) is 3.78. The Bertz CT molecular complexity index is 903. The summed E-state index contributed by atoms with van der Waals surface area (Å²) in [6.45, 7) is 4.16. The van der Waals surface area contributed by atoms with Crippen LogP contribution in [-0.4, -0.2) is 18.5 Å². The van der Waals surface area contributed by atoms with Gasteiger partial charge >= 0.3 is 6.18 Å². The molecule has 0 saturated heterocycles. The van der Waals surface area contributed by atoms with E-state index in [1.807, 2.05) is 0 Å². The van der Waals surface area contributed by atoms with E-state index in [2.05, 4.69) is 40.4 Å². The first kappa shape index (κ1) is 23.4. The van der Waals surface area contributed by atoms with Gasteiger partial charge in [0, 0.05) is 10.5 Å². The number of hydrogen-bond acceptors (Lipinski definition) is 3. The van der Waals surface area contributed by atoms with Crippen LogP contribution in [0.15, 0.2) is 46.9 Å². The van der Waals surface area contributed by atoms with E-state index in [0.29, 0.717) is 17.6 Å². The molecule has 1 saturated carbocycles. The molecule has 168 valence electrons. The lowest BCUT2D eigenvalue weighted by Crippen LogP contribution is -2.45. The largest absolute Gasteiger partial charge is 0.455 e. The number of halogens is 4. The van der Waals surface area contributed by atoms with E-state index in [0.717, 1.165) is 35.9 Å². The topological polar surface area (TPSA) is 50.4 Å². The summed E-state index contributed by atoms with van der Waals surface area (Å²) in [7, 11) is 0. The number of ether oxygens (including phenoxy) is 1. The minimum atomic E-state index is -4.50. The summed E-state index contributed by atoms with van der Waals surface area (Å²) in [4.78, 5) is 12.5. The number of amides is 1. The van der Waals surface area contributed by atoms with E-state index >= 15 is 0 Å². The highest BCUT2D eigenvalue weighted by Crippen LogP contribution is 2.37. The predicted octanol–water partition coefficient (Wildman–Crippen LogP) is 6.61. The standard InChI is InChI=1S/C23H26BrF3N2O2/c1-14-4-3-5-19(15(14)2)29-22(30)13-28-20-12-16(23(25,26)27)6-11-21(20)31-18-9-7-17(24)8-10-18/h6-12,14-15,19,28H,3-5,13H2,1-2H3,(H,29,30)/t14-,15-,19+/m1/s1. The lowest BCUT2D eigenvalue weighted by Gasteiger charge is -2.34. The number of nitrogens with one attached hydrogen (secondary N) is 2. The molecule has 4 nitrogen and oxygen atoms in total. The molecule has 3 rings (SSSR count). The third-order valence-electron chi connectivity index (χ3n) is 5.84. The molecular formula is C23H26BrF3N2O2. The van der Waals surface area contributed by atoms with E-state index < -0.39 is 11.7 Å². The molecule has 1 aliphatic rings. The van der Waals surface area contributed by atoms with Gasteiger partial charge < -0.3 is 15.4 Å². The molecule has 0 unspecified atom stereocenters. The molecular weight excluding hydrogens is 473 g/mol. The van der Waals surface area contributed by atoms with Crippen LogP contribution in [0.5, 0.6) is 11.5 Å². The third-order valence-corrected chi connectivity index (χ3v) is 6.37. The molecule has 0 spiro atoms. The van der Waals surface area contributed by atoms with Gasteiger partial charge in [-0.3, -0.25) is 4.79 Å². The van der Waals surface area contributed by atoms with E-state index in [1.54, 1.807) is 24.3 Å². The van der Waals surface area contributed by atoms with Crippen molar-refractivity contribution in [3.05, 3.63) is 52.5 Å². The summed E-state index contributed by atoms with van der Waals surface area (Å²) < 4.78 is 46.2. The van der Waals surface area contributed by atoms with Crippen LogP contribution in [0.1, 0.15) is 38.7 Å². The van der Waals surface area contributed by atoms with Crippen LogP contribution in [-0.2, 0) is 11.0 Å². The maximum atomic E-state index is 13.2. The Morgan fingerprint density at radius 3 is 2.52 bits per heavy atom. The van der Waals surface area contributed by atoms with Crippen molar-refractivity contribution in [3.63, 3.8) is 0 Å². The summed E-state index contributed by atoms with van der Waals surface area (Å²) in [5.41, 5.74) is -0.703. The number of hydrogen-bond donors (Lipinski definition) is 2. The van der Waals surface area contributed by atoms with Crippen LogP contribution in [0.2, 0.25) is 0 Å². The van der Waals surface area contributed by atoms with Crippen LogP contribution < -0.4 is 15.4 Å². The number of carbonyl (C=O) groups is 1. The molecule has 2 aromatic rings. The fraction of sp³-hybridized carbons (Fsp3) is 0.435. The number of rotatable bonds is 6. The second-order valence-electron chi connectivity index (χ2n) is 8.06. The monoisotopic (exact) mass is 498 g/mol. The van der Waals surface area contributed by atoms with Gasteiger partial charge in [-0.1, -0.05) is 42.6 Å². The first-order chi connectivity index (χ1) is 14.6. The minimum Gasteiger partial charge on any atom is -0.455 e. The van der Waals surface area contributed by atoms with E-state index in [-0.39, 0.29) is 29.9 Å². The molecule has 0 radical (unpaired) electrons. The second-order valence-corrected chi connectivity index (χ2v) is 8.98. The maximum Gasteiger partial charge on any atom is 0.416 e. The molecule has 1 aliphatic carbocycles. The highest BCUT2D eigenvalue weighted by Gasteiger charge is 2.32. The zero-order valence-corrected chi connectivity index (χ0v) is 19.0. The van der Waals surface area contributed by atoms with E-state index in [1.165, 1.54) is 6.07 Å². The van der Waals surface area contributed by atoms with Crippen molar-refractivity contribution in [2.45, 2.75) is 45.3 Å². The second kappa shape index (κ2) is 9.94. The lowest BCUT2D eigenvalue weighted by atomic mass is 9.78. The first-order valence-corrected chi connectivity index (χ1v) is 11.1. The summed E-state index contributed by atoms with van der Waals surface area (Å²) in [5.74, 6) is 1.32. The van der Waals surface area contributed by atoms with Crippen LogP contribution in [0.3, 0.4) is 0 Å². The molecule has 2 aromatic carbocycles. The maximum absolute atomic E-state index is 13.2. The fourth-order valence-corrected chi connectivity index (χ4v) is 4.05. The zero-order chi connectivity index (χ0) is 22.6. The molecule has 3 atom stereocenters. The third kappa shape index (κ3) is 6.38. The molecule has 1 fully saturated rings. The van der Waals surface area contributed by atoms with Gasteiger partial charge in [0.25, 0.3) is 0 Å². The molecule has 0 aromatic heterocycles. The van der Waals surface area contributed by atoms with Crippen molar-refractivity contribution in [3.8, 4) is 11.5 Å². The van der Waals surface area contributed by atoms with Crippen LogP contribution in [0.4, 0.5) is 18.9 Å². The van der Waals surface area contributed by atoms with Crippen LogP contribution in [0.25, 0.3) is 0 Å². The predicted molar refractivity (Wildman–Crippen MR) is 118 cm³/mol. The van der Waals surface area contributed by atoms with Crippen LogP contribution >= 0.6 is 15.9 Å². The normalized spacial score (nSPS) is 21.4.